The highest BCUT2D eigenvalue weighted by Crippen LogP contribution is 2.32. The molecule has 0 saturated carbocycles. The van der Waals surface area contributed by atoms with Crippen LogP contribution in [0, 0.1) is 12.8 Å². The Hall–Kier alpha value is -3.46. The van der Waals surface area contributed by atoms with E-state index in [0.717, 1.165) is 37.3 Å². The van der Waals surface area contributed by atoms with E-state index in [9.17, 15) is 14.7 Å². The number of pyridine rings is 2. The van der Waals surface area contributed by atoms with Crippen molar-refractivity contribution >= 4 is 28.9 Å². The minimum absolute atomic E-state index is 0.00797. The molecule has 1 fully saturated rings. The van der Waals surface area contributed by atoms with Crippen LogP contribution in [0.15, 0.2) is 36.7 Å². The molecule has 3 N–H and O–H groups in total. The third-order valence-electron chi connectivity index (χ3n) is 5.80. The maximum Gasteiger partial charge on any atom is 0.303 e. The Bertz CT molecular complexity index is 1130. The standard InChI is InChI=1S/C23H27N5O4/c1-15-3-2-4-18(24-15)23(32)26-19-13-28-12-17(5-6-22(30)31)25-21(28)11-20(19)27-9-7-16(14-29)8-10-27/h2-4,11-13,16,29H,5-10,14H2,1H3,(H,26,32)(H,30,31). The van der Waals surface area contributed by atoms with Crippen LogP contribution in [0.25, 0.3) is 5.65 Å². The number of carbonyl (C=O) groups is 2. The normalized spacial score (nSPS) is 14.6. The lowest BCUT2D eigenvalue weighted by Gasteiger charge is -2.34. The Balaban J connectivity index is 1.67. The number of aliphatic carboxylic acids is 1. The van der Waals surface area contributed by atoms with Gasteiger partial charge in [-0.25, -0.2) is 9.97 Å². The van der Waals surface area contributed by atoms with Gasteiger partial charge in [0.05, 0.1) is 23.5 Å². The first kappa shape index (κ1) is 21.8. The number of carboxylic acid groups (broad SMARTS) is 1. The lowest BCUT2D eigenvalue weighted by molar-refractivity contribution is -0.136. The largest absolute Gasteiger partial charge is 0.481 e. The Kier molecular flexibility index (Phi) is 6.36. The van der Waals surface area contributed by atoms with Crippen LogP contribution in [-0.2, 0) is 11.2 Å². The Morgan fingerprint density at radius 1 is 1.19 bits per heavy atom. The third-order valence-corrected chi connectivity index (χ3v) is 5.80. The van der Waals surface area contributed by atoms with Gasteiger partial charge in [-0.3, -0.25) is 9.59 Å². The summed E-state index contributed by atoms with van der Waals surface area (Å²) in [6.45, 7) is 3.55. The van der Waals surface area contributed by atoms with Gasteiger partial charge >= 0.3 is 5.97 Å². The number of hydrogen-bond acceptors (Lipinski definition) is 6. The molecule has 0 atom stereocenters. The van der Waals surface area contributed by atoms with Gasteiger partial charge in [-0.1, -0.05) is 6.07 Å². The SMILES string of the molecule is Cc1cccc(C(=O)Nc2cn3cc(CCC(=O)O)nc3cc2N2CCC(CO)CC2)n1. The van der Waals surface area contributed by atoms with Gasteiger partial charge in [0.15, 0.2) is 0 Å². The second kappa shape index (κ2) is 9.35. The van der Waals surface area contributed by atoms with E-state index in [1.165, 1.54) is 0 Å². The minimum atomic E-state index is -0.867. The molecular weight excluding hydrogens is 410 g/mol. The fourth-order valence-electron chi connectivity index (χ4n) is 4.00. The van der Waals surface area contributed by atoms with Crippen LogP contribution in [0.5, 0.6) is 0 Å². The second-order valence-electron chi connectivity index (χ2n) is 8.20. The number of aryl methyl sites for hydroxylation is 2. The first-order valence-electron chi connectivity index (χ1n) is 10.8. The van der Waals surface area contributed by atoms with Gasteiger partial charge in [0.2, 0.25) is 0 Å². The number of hydrogen-bond donors (Lipinski definition) is 3. The number of nitrogens with zero attached hydrogens (tertiary/aromatic N) is 4. The highest BCUT2D eigenvalue weighted by atomic mass is 16.4. The molecule has 0 unspecified atom stereocenters. The molecule has 1 aliphatic heterocycles. The Morgan fingerprint density at radius 3 is 2.66 bits per heavy atom. The molecule has 32 heavy (non-hydrogen) atoms. The molecule has 9 heteroatoms. The molecule has 4 rings (SSSR count). The van der Waals surface area contributed by atoms with Crippen molar-refractivity contribution in [1.82, 2.24) is 14.4 Å². The summed E-state index contributed by atoms with van der Waals surface area (Å²) in [5.74, 6) is -0.877. The summed E-state index contributed by atoms with van der Waals surface area (Å²) in [6, 6.07) is 7.23. The molecule has 0 bridgehead atoms. The van der Waals surface area contributed by atoms with Crippen molar-refractivity contribution in [3.05, 3.63) is 53.7 Å². The molecule has 1 aliphatic rings. The lowest BCUT2D eigenvalue weighted by Crippen LogP contribution is -2.35. The maximum atomic E-state index is 12.9. The van der Waals surface area contributed by atoms with Crippen molar-refractivity contribution in [2.45, 2.75) is 32.6 Å². The quantitative estimate of drug-likeness (QED) is 0.519. The van der Waals surface area contributed by atoms with Crippen LogP contribution in [0.4, 0.5) is 11.4 Å². The number of aromatic nitrogens is 3. The molecule has 168 valence electrons. The van der Waals surface area contributed by atoms with Crippen molar-refractivity contribution in [3.63, 3.8) is 0 Å². The van der Waals surface area contributed by atoms with Gasteiger partial charge in [0.25, 0.3) is 5.91 Å². The number of imidazole rings is 1. The minimum Gasteiger partial charge on any atom is -0.481 e. The monoisotopic (exact) mass is 437 g/mol. The zero-order chi connectivity index (χ0) is 22.7. The van der Waals surface area contributed by atoms with E-state index in [0.29, 0.717) is 35.1 Å². The molecule has 4 heterocycles. The number of anilines is 2. The van der Waals surface area contributed by atoms with Gasteiger partial charge in [-0.2, -0.15) is 0 Å². The number of fused-ring (bicyclic) bond motifs is 1. The van der Waals surface area contributed by atoms with E-state index in [4.69, 9.17) is 5.11 Å². The zero-order valence-electron chi connectivity index (χ0n) is 18.0. The number of carboxylic acids is 1. The summed E-state index contributed by atoms with van der Waals surface area (Å²) in [5.41, 5.74) is 3.96. The topological polar surface area (TPSA) is 120 Å². The van der Waals surface area contributed by atoms with Gasteiger partial charge in [0, 0.05) is 50.3 Å². The summed E-state index contributed by atoms with van der Waals surface area (Å²) >= 11 is 0. The van der Waals surface area contributed by atoms with Crippen LogP contribution in [0.2, 0.25) is 0 Å². The molecule has 1 saturated heterocycles. The van der Waals surface area contributed by atoms with Gasteiger partial charge < -0.3 is 24.8 Å². The van der Waals surface area contributed by atoms with E-state index < -0.39 is 5.97 Å². The van der Waals surface area contributed by atoms with Crippen molar-refractivity contribution in [2.24, 2.45) is 5.92 Å². The molecule has 0 aliphatic carbocycles. The molecule has 0 radical (unpaired) electrons. The van der Waals surface area contributed by atoms with Crippen LogP contribution < -0.4 is 10.2 Å². The summed E-state index contributed by atoms with van der Waals surface area (Å²) < 4.78 is 1.81. The van der Waals surface area contributed by atoms with Gasteiger partial charge in [-0.05, 0) is 37.8 Å². The number of rotatable bonds is 7. The fraction of sp³-hybridized carbons (Fsp3) is 0.391. The van der Waals surface area contributed by atoms with Crippen molar-refractivity contribution in [2.75, 3.05) is 29.9 Å². The van der Waals surface area contributed by atoms with Gasteiger partial charge in [-0.15, -0.1) is 0 Å². The second-order valence-corrected chi connectivity index (χ2v) is 8.20. The molecule has 0 aromatic carbocycles. The summed E-state index contributed by atoms with van der Waals surface area (Å²) in [4.78, 5) is 34.9. The molecule has 3 aromatic heterocycles. The molecule has 1 amide bonds. The Labute approximate surface area is 185 Å². The fourth-order valence-corrected chi connectivity index (χ4v) is 4.00. The van der Waals surface area contributed by atoms with Crippen molar-refractivity contribution in [1.29, 1.82) is 0 Å². The van der Waals surface area contributed by atoms with Crippen LogP contribution in [-0.4, -0.2) is 56.2 Å². The van der Waals surface area contributed by atoms with E-state index in [-0.39, 0.29) is 18.9 Å². The molecule has 9 nitrogen and oxygen atoms in total. The van der Waals surface area contributed by atoms with Gasteiger partial charge in [0.1, 0.15) is 11.3 Å². The zero-order valence-corrected chi connectivity index (χ0v) is 18.0. The molecular formula is C23H27N5O4. The van der Waals surface area contributed by atoms with Crippen molar-refractivity contribution in [3.8, 4) is 0 Å². The Morgan fingerprint density at radius 2 is 1.97 bits per heavy atom. The number of aliphatic hydroxyl groups is 1. The number of nitrogens with one attached hydrogen (secondary N) is 1. The number of amides is 1. The van der Waals surface area contributed by atoms with E-state index in [1.807, 2.05) is 25.3 Å². The number of aliphatic hydroxyl groups excluding tert-OH is 1. The average Bonchev–Trinajstić information content (AvgIpc) is 3.19. The first-order chi connectivity index (χ1) is 15.4. The third kappa shape index (κ3) is 4.88. The predicted octanol–water partition coefficient (Wildman–Crippen LogP) is 2.52. The highest BCUT2D eigenvalue weighted by molar-refractivity contribution is 6.04. The van der Waals surface area contributed by atoms with E-state index in [2.05, 4.69) is 20.2 Å². The molecule has 0 spiro atoms. The average molecular weight is 438 g/mol. The summed E-state index contributed by atoms with van der Waals surface area (Å²) in [6.07, 6.45) is 5.69. The van der Waals surface area contributed by atoms with E-state index in [1.54, 1.807) is 22.7 Å². The maximum absolute atomic E-state index is 12.9. The smallest absolute Gasteiger partial charge is 0.303 e. The van der Waals surface area contributed by atoms with Crippen LogP contribution in [0.3, 0.4) is 0 Å². The van der Waals surface area contributed by atoms with Crippen LogP contribution in [0.1, 0.15) is 41.1 Å². The van der Waals surface area contributed by atoms with Crippen molar-refractivity contribution < 1.29 is 19.8 Å². The first-order valence-corrected chi connectivity index (χ1v) is 10.8. The number of carbonyl (C=O) groups excluding carboxylic acids is 1. The predicted molar refractivity (Wildman–Crippen MR) is 120 cm³/mol. The lowest BCUT2D eigenvalue weighted by atomic mass is 9.97. The molecule has 3 aromatic rings. The highest BCUT2D eigenvalue weighted by Gasteiger charge is 2.23. The van der Waals surface area contributed by atoms with E-state index >= 15 is 0 Å². The van der Waals surface area contributed by atoms with Crippen LogP contribution >= 0.6 is 0 Å². The summed E-state index contributed by atoms with van der Waals surface area (Å²) in [7, 11) is 0. The summed E-state index contributed by atoms with van der Waals surface area (Å²) in [5, 5.41) is 21.4. The number of piperidine rings is 1.